The minimum absolute atomic E-state index is 0.321. The molecule has 0 aliphatic heterocycles. The molecule has 4 aromatic rings. The average Bonchev–Trinajstić information content (AvgIpc) is 2.83. The molecule has 4 aromatic carbocycles. The third-order valence-corrected chi connectivity index (χ3v) is 7.02. The van der Waals surface area contributed by atoms with E-state index in [0.717, 1.165) is 34.7 Å². The first-order valence-electron chi connectivity index (χ1n) is 11.1. The predicted octanol–water partition coefficient (Wildman–Crippen LogP) is 6.14. The highest BCUT2D eigenvalue weighted by atomic mass is 16.3. The zero-order valence-electron chi connectivity index (χ0n) is 17.3. The fourth-order valence-corrected chi connectivity index (χ4v) is 5.24. The van der Waals surface area contributed by atoms with Gasteiger partial charge in [0.2, 0.25) is 0 Å². The highest BCUT2D eigenvalue weighted by Crippen LogP contribution is 2.41. The molecule has 0 bridgehead atoms. The number of benzene rings is 4. The Kier molecular flexibility index (Phi) is 5.06. The smallest absolute Gasteiger partial charge is 0.130 e. The molecule has 2 nitrogen and oxygen atoms in total. The zero-order valence-corrected chi connectivity index (χ0v) is 17.3. The maximum absolute atomic E-state index is 12.4. The van der Waals surface area contributed by atoms with E-state index in [1.807, 2.05) is 24.3 Å². The molecule has 0 aromatic heterocycles. The van der Waals surface area contributed by atoms with Crippen molar-refractivity contribution in [1.29, 1.82) is 0 Å². The van der Waals surface area contributed by atoms with Crippen molar-refractivity contribution in [2.75, 3.05) is 0 Å². The first kappa shape index (κ1) is 19.3. The van der Waals surface area contributed by atoms with Gasteiger partial charge in [0.15, 0.2) is 0 Å². The summed E-state index contributed by atoms with van der Waals surface area (Å²) in [4.78, 5) is 0. The third kappa shape index (κ3) is 3.30. The van der Waals surface area contributed by atoms with E-state index in [4.69, 9.17) is 5.73 Å². The number of hydrogen-bond donors (Lipinski definition) is 2. The van der Waals surface area contributed by atoms with Crippen molar-refractivity contribution in [2.24, 2.45) is 11.7 Å². The molecule has 0 heterocycles. The average molecular weight is 396 g/mol. The van der Waals surface area contributed by atoms with Crippen molar-refractivity contribution in [1.82, 2.24) is 0 Å². The summed E-state index contributed by atoms with van der Waals surface area (Å²) >= 11 is 0. The van der Waals surface area contributed by atoms with Crippen LogP contribution in [0.5, 0.6) is 0 Å². The van der Waals surface area contributed by atoms with E-state index in [1.54, 1.807) is 0 Å². The Morgan fingerprint density at radius 1 is 0.667 bits per heavy atom. The molecule has 152 valence electrons. The van der Waals surface area contributed by atoms with Crippen LogP contribution in [0.4, 0.5) is 0 Å². The van der Waals surface area contributed by atoms with Crippen molar-refractivity contribution in [3.63, 3.8) is 0 Å². The van der Waals surface area contributed by atoms with E-state index in [0.29, 0.717) is 5.92 Å². The molecule has 1 aliphatic carbocycles. The van der Waals surface area contributed by atoms with Gasteiger partial charge in [0.25, 0.3) is 0 Å². The number of aliphatic hydroxyl groups is 1. The third-order valence-electron chi connectivity index (χ3n) is 7.02. The minimum atomic E-state index is -1.23. The summed E-state index contributed by atoms with van der Waals surface area (Å²) in [5, 5.41) is 17.0. The summed E-state index contributed by atoms with van der Waals surface area (Å²) in [5.74, 6) is 0.321. The van der Waals surface area contributed by atoms with Gasteiger partial charge < -0.3 is 10.8 Å². The topological polar surface area (TPSA) is 46.2 Å². The van der Waals surface area contributed by atoms with Crippen LogP contribution in [-0.4, -0.2) is 11.1 Å². The summed E-state index contributed by atoms with van der Waals surface area (Å²) in [6, 6.07) is 28.8. The van der Waals surface area contributed by atoms with E-state index in [9.17, 15) is 5.11 Å². The molecule has 1 fully saturated rings. The van der Waals surface area contributed by atoms with Gasteiger partial charge >= 0.3 is 0 Å². The van der Waals surface area contributed by atoms with Crippen LogP contribution in [0.25, 0.3) is 21.5 Å². The summed E-state index contributed by atoms with van der Waals surface area (Å²) in [6.07, 6.45) is 5.84. The van der Waals surface area contributed by atoms with Crippen LogP contribution in [0.1, 0.15) is 43.2 Å². The normalized spacial score (nSPS) is 16.7. The van der Waals surface area contributed by atoms with Gasteiger partial charge in [-0.3, -0.25) is 0 Å². The standard InChI is InChI=1S/C28H29NO/c29-27(22-10-2-1-3-11-22)28(30,25-16-14-20-8-4-6-12-23(20)18-25)26-17-15-21-9-5-7-13-24(21)19-26/h4-9,12-19,22,27,30H,1-3,10-11,29H2/t27-/m1/s1. The summed E-state index contributed by atoms with van der Waals surface area (Å²) in [7, 11) is 0. The molecule has 0 unspecified atom stereocenters. The lowest BCUT2D eigenvalue weighted by atomic mass is 9.71. The molecule has 30 heavy (non-hydrogen) atoms. The number of rotatable bonds is 4. The number of hydrogen-bond acceptors (Lipinski definition) is 2. The quantitative estimate of drug-likeness (QED) is 0.436. The second-order valence-electron chi connectivity index (χ2n) is 8.81. The monoisotopic (exact) mass is 395 g/mol. The summed E-state index contributed by atoms with van der Waals surface area (Å²) in [5.41, 5.74) is 7.47. The van der Waals surface area contributed by atoms with Crippen molar-refractivity contribution in [2.45, 2.75) is 43.7 Å². The molecule has 1 aliphatic rings. The first-order valence-corrected chi connectivity index (χ1v) is 11.1. The minimum Gasteiger partial charge on any atom is -0.379 e. The molecule has 0 spiro atoms. The Hall–Kier alpha value is -2.68. The SMILES string of the molecule is N[C@H](C1CCCCC1)C(O)(c1ccc2ccccc2c1)c1ccc2ccccc2c1. The largest absolute Gasteiger partial charge is 0.379 e. The van der Waals surface area contributed by atoms with Crippen LogP contribution < -0.4 is 5.73 Å². The number of nitrogens with two attached hydrogens (primary N) is 1. The summed E-state index contributed by atoms with van der Waals surface area (Å²) in [6.45, 7) is 0. The Morgan fingerprint density at radius 3 is 1.63 bits per heavy atom. The Balaban J connectivity index is 1.68. The van der Waals surface area contributed by atoms with Crippen LogP contribution in [-0.2, 0) is 5.60 Å². The molecule has 0 amide bonds. The molecule has 0 saturated heterocycles. The van der Waals surface area contributed by atoms with Crippen LogP contribution in [0.2, 0.25) is 0 Å². The van der Waals surface area contributed by atoms with Crippen molar-refractivity contribution < 1.29 is 5.11 Å². The summed E-state index contributed by atoms with van der Waals surface area (Å²) < 4.78 is 0. The van der Waals surface area contributed by atoms with E-state index < -0.39 is 5.60 Å². The van der Waals surface area contributed by atoms with Gasteiger partial charge in [-0.2, -0.15) is 0 Å². The van der Waals surface area contributed by atoms with Crippen molar-refractivity contribution in [3.05, 3.63) is 96.1 Å². The Bertz CT molecular complexity index is 1100. The molecule has 2 heteroatoms. The molecule has 1 saturated carbocycles. The van der Waals surface area contributed by atoms with Crippen molar-refractivity contribution >= 4 is 21.5 Å². The lowest BCUT2D eigenvalue weighted by molar-refractivity contribution is 0.0221. The Morgan fingerprint density at radius 2 is 1.13 bits per heavy atom. The number of fused-ring (bicyclic) bond motifs is 2. The Labute approximate surface area is 178 Å². The lowest BCUT2D eigenvalue weighted by Gasteiger charge is -2.41. The van der Waals surface area contributed by atoms with Gasteiger partial charge in [0.1, 0.15) is 5.60 Å². The highest BCUT2D eigenvalue weighted by molar-refractivity contribution is 5.85. The van der Waals surface area contributed by atoms with Gasteiger partial charge in [-0.25, -0.2) is 0 Å². The fraction of sp³-hybridized carbons (Fsp3) is 0.286. The molecule has 0 radical (unpaired) electrons. The van der Waals surface area contributed by atoms with E-state index in [2.05, 4.69) is 60.7 Å². The zero-order chi connectivity index (χ0) is 20.6. The van der Waals surface area contributed by atoms with Gasteiger partial charge in [-0.05, 0) is 63.6 Å². The second-order valence-corrected chi connectivity index (χ2v) is 8.81. The molecule has 3 N–H and O–H groups in total. The first-order chi connectivity index (χ1) is 14.7. The van der Waals surface area contributed by atoms with Gasteiger partial charge in [-0.1, -0.05) is 92.1 Å². The maximum atomic E-state index is 12.4. The lowest BCUT2D eigenvalue weighted by Crippen LogP contribution is -2.51. The van der Waals surface area contributed by atoms with Crippen LogP contribution in [0.3, 0.4) is 0 Å². The van der Waals surface area contributed by atoms with E-state index in [-0.39, 0.29) is 6.04 Å². The molecule has 1 atom stereocenters. The maximum Gasteiger partial charge on any atom is 0.130 e. The van der Waals surface area contributed by atoms with Crippen LogP contribution in [0, 0.1) is 5.92 Å². The van der Waals surface area contributed by atoms with E-state index >= 15 is 0 Å². The van der Waals surface area contributed by atoms with Crippen LogP contribution >= 0.6 is 0 Å². The highest BCUT2D eigenvalue weighted by Gasteiger charge is 2.42. The fourth-order valence-electron chi connectivity index (χ4n) is 5.24. The van der Waals surface area contributed by atoms with Gasteiger partial charge in [-0.15, -0.1) is 0 Å². The predicted molar refractivity (Wildman–Crippen MR) is 125 cm³/mol. The molecule has 5 rings (SSSR count). The second kappa shape index (κ2) is 7.86. The van der Waals surface area contributed by atoms with Gasteiger partial charge in [0.05, 0.1) is 0 Å². The van der Waals surface area contributed by atoms with Crippen LogP contribution in [0.15, 0.2) is 84.9 Å². The molecular formula is C28H29NO. The van der Waals surface area contributed by atoms with Gasteiger partial charge in [0, 0.05) is 6.04 Å². The van der Waals surface area contributed by atoms with Crippen molar-refractivity contribution in [3.8, 4) is 0 Å². The molecular weight excluding hydrogens is 366 g/mol. The van der Waals surface area contributed by atoms with E-state index in [1.165, 1.54) is 30.0 Å².